The molecule has 0 radical (unpaired) electrons. The van der Waals surface area contributed by atoms with E-state index in [9.17, 15) is 22.8 Å². The van der Waals surface area contributed by atoms with E-state index >= 15 is 0 Å². The molecular formula is C21H20ClF3N2O2S. The van der Waals surface area contributed by atoms with Crippen molar-refractivity contribution < 1.29 is 22.8 Å². The number of amides is 2. The molecule has 0 aromatic heterocycles. The van der Waals surface area contributed by atoms with Gasteiger partial charge in [0, 0.05) is 28.6 Å². The van der Waals surface area contributed by atoms with Crippen molar-refractivity contribution in [3.63, 3.8) is 0 Å². The number of hydrogen-bond donors (Lipinski definition) is 1. The number of benzene rings is 2. The second-order valence-electron chi connectivity index (χ2n) is 6.99. The van der Waals surface area contributed by atoms with Crippen molar-refractivity contribution in [3.8, 4) is 0 Å². The number of rotatable bonds is 5. The second kappa shape index (κ2) is 9.75. The molecule has 0 bridgehead atoms. The van der Waals surface area contributed by atoms with E-state index in [0.717, 1.165) is 0 Å². The number of carbonyl (C=O) groups excluding carboxylic acids is 2. The van der Waals surface area contributed by atoms with Crippen LogP contribution in [0.25, 0.3) is 0 Å². The molecule has 1 fully saturated rings. The van der Waals surface area contributed by atoms with Crippen molar-refractivity contribution in [2.24, 2.45) is 5.92 Å². The largest absolute Gasteiger partial charge is 0.398 e. The van der Waals surface area contributed by atoms with E-state index in [2.05, 4.69) is 5.32 Å². The first-order valence-electron chi connectivity index (χ1n) is 9.37. The molecule has 0 spiro atoms. The zero-order valence-corrected chi connectivity index (χ0v) is 17.5. The Kier molecular flexibility index (Phi) is 7.31. The highest BCUT2D eigenvalue weighted by molar-refractivity contribution is 7.99. The summed E-state index contributed by atoms with van der Waals surface area (Å²) in [5, 5.41) is 3.27. The molecule has 1 N–H and O–H groups in total. The van der Waals surface area contributed by atoms with Gasteiger partial charge in [-0.05, 0) is 49.2 Å². The van der Waals surface area contributed by atoms with E-state index in [1.54, 1.807) is 53.4 Å². The molecule has 0 aliphatic carbocycles. The fourth-order valence-electron chi connectivity index (χ4n) is 3.24. The van der Waals surface area contributed by atoms with Crippen LogP contribution in [-0.4, -0.2) is 41.7 Å². The fourth-order valence-corrected chi connectivity index (χ4v) is 4.14. The Hall–Kier alpha value is -2.19. The Bertz CT molecular complexity index is 906. The predicted molar refractivity (Wildman–Crippen MR) is 112 cm³/mol. The van der Waals surface area contributed by atoms with Crippen molar-refractivity contribution in [3.05, 3.63) is 59.1 Å². The van der Waals surface area contributed by atoms with E-state index in [0.29, 0.717) is 52.3 Å². The molecule has 9 heteroatoms. The molecule has 1 unspecified atom stereocenters. The number of halogens is 4. The van der Waals surface area contributed by atoms with Gasteiger partial charge in [-0.2, -0.15) is 13.2 Å². The minimum atomic E-state index is -4.30. The normalized spacial score (nSPS) is 16.9. The van der Waals surface area contributed by atoms with Gasteiger partial charge in [-0.25, -0.2) is 0 Å². The fraction of sp³-hybridized carbons (Fsp3) is 0.333. The van der Waals surface area contributed by atoms with Crippen molar-refractivity contribution >= 4 is 40.9 Å². The molecule has 1 aliphatic rings. The summed E-state index contributed by atoms with van der Waals surface area (Å²) in [4.78, 5) is 27.5. The number of hydrogen-bond acceptors (Lipinski definition) is 3. The smallest absolute Gasteiger partial charge is 0.338 e. The highest BCUT2D eigenvalue weighted by Crippen LogP contribution is 2.32. The average molecular weight is 457 g/mol. The van der Waals surface area contributed by atoms with Crippen molar-refractivity contribution in [1.82, 2.24) is 4.90 Å². The van der Waals surface area contributed by atoms with Crippen LogP contribution in [0.5, 0.6) is 0 Å². The van der Waals surface area contributed by atoms with E-state index in [4.69, 9.17) is 11.6 Å². The van der Waals surface area contributed by atoms with Gasteiger partial charge in [-0.1, -0.05) is 23.7 Å². The van der Waals surface area contributed by atoms with Crippen LogP contribution in [0.3, 0.4) is 0 Å². The summed E-state index contributed by atoms with van der Waals surface area (Å²) >= 11 is 6.49. The minimum Gasteiger partial charge on any atom is -0.338 e. The lowest BCUT2D eigenvalue weighted by molar-refractivity contribution is -0.121. The van der Waals surface area contributed by atoms with Gasteiger partial charge >= 0.3 is 6.18 Å². The van der Waals surface area contributed by atoms with Crippen LogP contribution in [0.1, 0.15) is 23.2 Å². The summed E-state index contributed by atoms with van der Waals surface area (Å²) in [5.41, 5.74) is 0.840. The second-order valence-corrected chi connectivity index (χ2v) is 8.44. The monoisotopic (exact) mass is 456 g/mol. The van der Waals surface area contributed by atoms with E-state index in [-0.39, 0.29) is 18.4 Å². The summed E-state index contributed by atoms with van der Waals surface area (Å²) in [6, 6.07) is 13.0. The van der Waals surface area contributed by atoms with Crippen molar-refractivity contribution in [1.29, 1.82) is 0 Å². The van der Waals surface area contributed by atoms with E-state index in [1.807, 2.05) is 0 Å². The molecule has 160 valence electrons. The Morgan fingerprint density at radius 3 is 2.53 bits per heavy atom. The van der Waals surface area contributed by atoms with Crippen LogP contribution < -0.4 is 5.32 Å². The third kappa shape index (κ3) is 6.15. The Labute approximate surface area is 181 Å². The zero-order valence-electron chi connectivity index (χ0n) is 15.9. The van der Waals surface area contributed by atoms with Crippen LogP contribution in [0, 0.1) is 5.92 Å². The Balaban J connectivity index is 1.64. The molecule has 2 aromatic rings. The molecule has 2 aromatic carbocycles. The van der Waals surface area contributed by atoms with Crippen LogP contribution in [0.4, 0.5) is 18.9 Å². The molecule has 0 saturated carbocycles. The number of nitrogens with zero attached hydrogens (tertiary/aromatic N) is 1. The maximum Gasteiger partial charge on any atom is 0.398 e. The van der Waals surface area contributed by atoms with Gasteiger partial charge in [0.15, 0.2) is 0 Å². The van der Waals surface area contributed by atoms with Gasteiger partial charge in [0.05, 0.1) is 17.4 Å². The third-order valence-electron chi connectivity index (χ3n) is 4.71. The van der Waals surface area contributed by atoms with Gasteiger partial charge in [0.25, 0.3) is 5.91 Å². The Morgan fingerprint density at radius 1 is 1.13 bits per heavy atom. The quantitative estimate of drug-likeness (QED) is 0.605. The number of piperidine rings is 1. The predicted octanol–water partition coefficient (Wildman–Crippen LogP) is 5.49. The summed E-state index contributed by atoms with van der Waals surface area (Å²) in [6.07, 6.45) is -3.02. The van der Waals surface area contributed by atoms with E-state index in [1.165, 1.54) is 0 Å². The topological polar surface area (TPSA) is 49.4 Å². The molecule has 1 atom stereocenters. The number of thioether (sulfide) groups is 1. The van der Waals surface area contributed by atoms with Crippen LogP contribution in [0.2, 0.25) is 5.02 Å². The first-order chi connectivity index (χ1) is 14.2. The SMILES string of the molecule is O=C(Nc1ccccc1SCC(F)(F)F)C1CCCN(C(=O)c2ccc(Cl)cc2)C1. The van der Waals surface area contributed by atoms with Crippen LogP contribution in [-0.2, 0) is 4.79 Å². The molecule has 30 heavy (non-hydrogen) atoms. The average Bonchev–Trinajstić information content (AvgIpc) is 2.72. The summed E-state index contributed by atoms with van der Waals surface area (Å²) in [6.45, 7) is 0.800. The number of para-hydroxylation sites is 1. The number of carbonyl (C=O) groups is 2. The van der Waals surface area contributed by atoms with Crippen molar-refractivity contribution in [2.45, 2.75) is 23.9 Å². The summed E-state index contributed by atoms with van der Waals surface area (Å²) < 4.78 is 37.7. The molecule has 1 saturated heterocycles. The maximum atomic E-state index is 12.8. The lowest BCUT2D eigenvalue weighted by Crippen LogP contribution is -2.43. The number of likely N-dealkylation sites (tertiary alicyclic amines) is 1. The highest BCUT2D eigenvalue weighted by atomic mass is 35.5. The van der Waals surface area contributed by atoms with Crippen molar-refractivity contribution in [2.75, 3.05) is 24.2 Å². The molecule has 2 amide bonds. The zero-order chi connectivity index (χ0) is 21.7. The number of alkyl halides is 3. The first-order valence-corrected chi connectivity index (χ1v) is 10.7. The highest BCUT2D eigenvalue weighted by Gasteiger charge is 2.30. The summed E-state index contributed by atoms with van der Waals surface area (Å²) in [5.74, 6) is -1.95. The standard InChI is InChI=1S/C21H20ClF3N2O2S/c22-16-9-7-14(8-10-16)20(29)27-11-3-4-15(12-27)19(28)26-17-5-1-2-6-18(17)30-13-21(23,24)25/h1-2,5-10,15H,3-4,11-13H2,(H,26,28). The third-order valence-corrected chi connectivity index (χ3v) is 6.10. The maximum absolute atomic E-state index is 12.8. The minimum absolute atomic E-state index is 0.176. The number of nitrogens with one attached hydrogen (secondary N) is 1. The van der Waals surface area contributed by atoms with Crippen LogP contribution >= 0.6 is 23.4 Å². The summed E-state index contributed by atoms with van der Waals surface area (Å²) in [7, 11) is 0. The van der Waals surface area contributed by atoms with Crippen LogP contribution in [0.15, 0.2) is 53.4 Å². The molecule has 4 nitrogen and oxygen atoms in total. The molecule has 3 rings (SSSR count). The van der Waals surface area contributed by atoms with E-state index < -0.39 is 17.8 Å². The lowest BCUT2D eigenvalue weighted by Gasteiger charge is -2.32. The van der Waals surface area contributed by atoms with Gasteiger partial charge in [0.1, 0.15) is 0 Å². The van der Waals surface area contributed by atoms with Gasteiger partial charge < -0.3 is 10.2 Å². The lowest BCUT2D eigenvalue weighted by atomic mass is 9.96. The van der Waals surface area contributed by atoms with Gasteiger partial charge in [-0.3, -0.25) is 9.59 Å². The molecular weight excluding hydrogens is 437 g/mol. The Morgan fingerprint density at radius 2 is 1.83 bits per heavy atom. The first kappa shape index (κ1) is 22.5. The van der Waals surface area contributed by atoms with Gasteiger partial charge in [-0.15, -0.1) is 11.8 Å². The van der Waals surface area contributed by atoms with Gasteiger partial charge in [0.2, 0.25) is 5.91 Å². The molecule has 1 aliphatic heterocycles. The molecule has 1 heterocycles. The number of anilines is 1.